The summed E-state index contributed by atoms with van der Waals surface area (Å²) in [6.07, 6.45) is 3.02. The largest absolute Gasteiger partial charge is 0.144 e. The Morgan fingerprint density at radius 1 is 1.78 bits per heavy atom. The van der Waals surface area contributed by atoms with Gasteiger partial charge in [0.15, 0.2) is 0 Å². The molecule has 1 aromatic rings. The molecule has 0 aromatic carbocycles. The first kappa shape index (κ1) is 6.56. The molecule has 0 aliphatic heterocycles. The van der Waals surface area contributed by atoms with Gasteiger partial charge in [0.2, 0.25) is 0 Å². The third-order valence-electron chi connectivity index (χ3n) is 1.28. The van der Waals surface area contributed by atoms with Gasteiger partial charge >= 0.3 is 0 Å². The third-order valence-corrected chi connectivity index (χ3v) is 2.26. The highest BCUT2D eigenvalue weighted by Gasteiger charge is 1.91. The quantitative estimate of drug-likeness (QED) is 0.589. The summed E-state index contributed by atoms with van der Waals surface area (Å²) in [7, 11) is 0. The van der Waals surface area contributed by atoms with Crippen molar-refractivity contribution in [3.05, 3.63) is 28.5 Å². The van der Waals surface area contributed by atoms with Gasteiger partial charge in [0.1, 0.15) is 0 Å². The average Bonchev–Trinajstić information content (AvgIpc) is 2.34. The Morgan fingerprint density at radius 3 is 2.89 bits per heavy atom. The molecule has 0 fully saturated rings. The van der Waals surface area contributed by atoms with Gasteiger partial charge in [0.25, 0.3) is 0 Å². The van der Waals surface area contributed by atoms with Crippen molar-refractivity contribution in [1.29, 1.82) is 0 Å². The van der Waals surface area contributed by atoms with Crippen LogP contribution in [0.4, 0.5) is 0 Å². The predicted octanol–water partition coefficient (Wildman–Crippen LogP) is 2.95. The number of aryl methyl sites for hydroxylation is 1. The van der Waals surface area contributed by atoms with E-state index in [1.807, 2.05) is 6.08 Å². The highest BCUT2D eigenvalue weighted by Crippen LogP contribution is 2.15. The van der Waals surface area contributed by atoms with Gasteiger partial charge in [0.05, 0.1) is 0 Å². The third kappa shape index (κ3) is 1.42. The van der Waals surface area contributed by atoms with Crippen LogP contribution in [-0.4, -0.2) is 0 Å². The summed E-state index contributed by atoms with van der Waals surface area (Å²) < 4.78 is 0. The SMILES string of the molecule is C=Cc1cc(CC)cs1. The molecule has 9 heavy (non-hydrogen) atoms. The lowest BCUT2D eigenvalue weighted by Gasteiger charge is -1.80. The molecule has 1 heterocycles. The zero-order chi connectivity index (χ0) is 6.69. The molecule has 0 spiro atoms. The molecule has 1 rings (SSSR count). The van der Waals surface area contributed by atoms with Crippen LogP contribution in [0, 0.1) is 0 Å². The normalized spacial score (nSPS) is 9.44. The van der Waals surface area contributed by atoms with E-state index in [2.05, 4.69) is 24.9 Å². The molecule has 0 radical (unpaired) electrons. The van der Waals surface area contributed by atoms with Crippen LogP contribution in [0.5, 0.6) is 0 Å². The summed E-state index contributed by atoms with van der Waals surface area (Å²) in [5.74, 6) is 0. The zero-order valence-corrected chi connectivity index (χ0v) is 6.37. The molecule has 0 bridgehead atoms. The molecule has 1 heteroatoms. The first-order valence-corrected chi connectivity index (χ1v) is 3.94. The molecular formula is C8H10S. The standard InChI is InChI=1S/C8H10S/c1-3-7-5-8(4-2)9-6-7/h4-6H,2-3H2,1H3. The Morgan fingerprint density at radius 2 is 2.56 bits per heavy atom. The van der Waals surface area contributed by atoms with Crippen molar-refractivity contribution in [3.63, 3.8) is 0 Å². The van der Waals surface area contributed by atoms with Crippen LogP contribution >= 0.6 is 11.3 Å². The Bertz CT molecular complexity index is 198. The minimum atomic E-state index is 1.13. The van der Waals surface area contributed by atoms with E-state index >= 15 is 0 Å². The van der Waals surface area contributed by atoms with Gasteiger partial charge in [-0.2, -0.15) is 0 Å². The van der Waals surface area contributed by atoms with Crippen molar-refractivity contribution >= 4 is 17.4 Å². The highest BCUT2D eigenvalue weighted by molar-refractivity contribution is 7.11. The second-order valence-corrected chi connectivity index (χ2v) is 2.86. The van der Waals surface area contributed by atoms with E-state index in [0.717, 1.165) is 6.42 Å². The zero-order valence-electron chi connectivity index (χ0n) is 5.55. The molecular weight excluding hydrogens is 128 g/mol. The molecule has 0 N–H and O–H groups in total. The fourth-order valence-corrected chi connectivity index (χ4v) is 1.52. The maximum atomic E-state index is 3.69. The van der Waals surface area contributed by atoms with Crippen molar-refractivity contribution < 1.29 is 0 Å². The predicted molar refractivity (Wildman–Crippen MR) is 43.8 cm³/mol. The second-order valence-electron chi connectivity index (χ2n) is 1.92. The van der Waals surface area contributed by atoms with Gasteiger partial charge in [-0.1, -0.05) is 19.6 Å². The van der Waals surface area contributed by atoms with E-state index in [9.17, 15) is 0 Å². The van der Waals surface area contributed by atoms with Crippen molar-refractivity contribution in [2.45, 2.75) is 13.3 Å². The average molecular weight is 138 g/mol. The minimum absolute atomic E-state index is 1.13. The van der Waals surface area contributed by atoms with E-state index in [0.29, 0.717) is 0 Å². The number of rotatable bonds is 2. The van der Waals surface area contributed by atoms with Gasteiger partial charge < -0.3 is 0 Å². The number of hydrogen-bond donors (Lipinski definition) is 0. The van der Waals surface area contributed by atoms with Crippen LogP contribution < -0.4 is 0 Å². The molecule has 0 aliphatic rings. The van der Waals surface area contributed by atoms with E-state index in [-0.39, 0.29) is 0 Å². The maximum Gasteiger partial charge on any atom is 0.0267 e. The second kappa shape index (κ2) is 2.83. The number of thiophene rings is 1. The van der Waals surface area contributed by atoms with Gasteiger partial charge in [-0.15, -0.1) is 11.3 Å². The van der Waals surface area contributed by atoms with Gasteiger partial charge in [-0.25, -0.2) is 0 Å². The molecule has 48 valence electrons. The number of hydrogen-bond acceptors (Lipinski definition) is 1. The van der Waals surface area contributed by atoms with Crippen molar-refractivity contribution in [2.75, 3.05) is 0 Å². The molecule has 0 aliphatic carbocycles. The van der Waals surface area contributed by atoms with Crippen molar-refractivity contribution in [2.24, 2.45) is 0 Å². The topological polar surface area (TPSA) is 0 Å². The van der Waals surface area contributed by atoms with E-state index in [4.69, 9.17) is 0 Å². The summed E-state index contributed by atoms with van der Waals surface area (Å²) in [5, 5.41) is 2.18. The maximum absolute atomic E-state index is 3.69. The van der Waals surface area contributed by atoms with Gasteiger partial charge in [-0.3, -0.25) is 0 Å². The van der Waals surface area contributed by atoms with Crippen LogP contribution in [0.1, 0.15) is 17.4 Å². The van der Waals surface area contributed by atoms with Gasteiger partial charge in [0, 0.05) is 4.88 Å². The Kier molecular flexibility index (Phi) is 2.06. The Hall–Kier alpha value is -0.560. The first-order valence-electron chi connectivity index (χ1n) is 3.06. The van der Waals surface area contributed by atoms with E-state index in [1.54, 1.807) is 11.3 Å². The monoisotopic (exact) mass is 138 g/mol. The summed E-state index contributed by atoms with van der Waals surface area (Å²) in [5.41, 5.74) is 1.41. The molecule has 0 atom stereocenters. The lowest BCUT2D eigenvalue weighted by atomic mass is 10.2. The summed E-state index contributed by atoms with van der Waals surface area (Å²) in [4.78, 5) is 1.27. The molecule has 0 unspecified atom stereocenters. The van der Waals surface area contributed by atoms with Crippen LogP contribution in [0.2, 0.25) is 0 Å². The van der Waals surface area contributed by atoms with E-state index < -0.39 is 0 Å². The van der Waals surface area contributed by atoms with Crippen molar-refractivity contribution in [1.82, 2.24) is 0 Å². The van der Waals surface area contributed by atoms with Crippen LogP contribution in [0.25, 0.3) is 6.08 Å². The minimum Gasteiger partial charge on any atom is -0.144 e. The Balaban J connectivity index is 2.86. The summed E-state index contributed by atoms with van der Waals surface area (Å²) in [6.45, 7) is 5.85. The summed E-state index contributed by atoms with van der Waals surface area (Å²) in [6, 6.07) is 2.18. The highest BCUT2D eigenvalue weighted by atomic mass is 32.1. The van der Waals surface area contributed by atoms with Crippen molar-refractivity contribution in [3.8, 4) is 0 Å². The van der Waals surface area contributed by atoms with Crippen LogP contribution in [0.3, 0.4) is 0 Å². The van der Waals surface area contributed by atoms with E-state index in [1.165, 1.54) is 10.4 Å². The first-order chi connectivity index (χ1) is 4.36. The molecule has 0 saturated carbocycles. The van der Waals surface area contributed by atoms with Crippen LogP contribution in [0.15, 0.2) is 18.0 Å². The van der Waals surface area contributed by atoms with Gasteiger partial charge in [-0.05, 0) is 23.4 Å². The van der Waals surface area contributed by atoms with Crippen LogP contribution in [-0.2, 0) is 6.42 Å². The Labute approximate surface area is 59.8 Å². The lowest BCUT2D eigenvalue weighted by Crippen LogP contribution is -1.68. The summed E-state index contributed by atoms with van der Waals surface area (Å²) >= 11 is 1.76. The molecule has 0 nitrogen and oxygen atoms in total. The fourth-order valence-electron chi connectivity index (χ4n) is 0.687. The molecule has 1 aromatic heterocycles. The molecule has 0 saturated heterocycles. The lowest BCUT2D eigenvalue weighted by molar-refractivity contribution is 1.15. The fraction of sp³-hybridized carbons (Fsp3) is 0.250. The molecule has 0 amide bonds. The smallest absolute Gasteiger partial charge is 0.0267 e.